The number of carbonyl (C=O) groups excluding carboxylic acids is 2. The number of benzene rings is 2. The number of nitrogens with one attached hydrogen (secondary N) is 2. The van der Waals surface area contributed by atoms with Crippen molar-refractivity contribution in [3.63, 3.8) is 0 Å². The number of carboxylic acids is 1. The van der Waals surface area contributed by atoms with Gasteiger partial charge in [0, 0.05) is 17.0 Å². The van der Waals surface area contributed by atoms with Crippen LogP contribution in [0.3, 0.4) is 0 Å². The molecule has 0 aliphatic heterocycles. The van der Waals surface area contributed by atoms with Crippen LogP contribution in [0.15, 0.2) is 59.0 Å². The Kier molecular flexibility index (Phi) is 8.11. The molecule has 0 spiro atoms. The number of carboxylic acid groups (broad SMARTS) is 1. The smallest absolute Gasteiger partial charge is 0.337 e. The molecule has 2 aromatic carbocycles. The van der Waals surface area contributed by atoms with Crippen molar-refractivity contribution < 1.29 is 23.9 Å². The molecule has 0 aliphatic carbocycles. The van der Waals surface area contributed by atoms with Crippen molar-refractivity contribution in [2.75, 3.05) is 5.32 Å². The average Bonchev–Trinajstić information content (AvgIpc) is 3.24. The van der Waals surface area contributed by atoms with Crippen LogP contribution in [0, 0.1) is 0 Å². The minimum absolute atomic E-state index is 0.0345. The summed E-state index contributed by atoms with van der Waals surface area (Å²) in [5.74, 6) is -1.21. The first kappa shape index (κ1) is 24.3. The molecule has 0 saturated carbocycles. The Labute approximate surface area is 199 Å². The van der Waals surface area contributed by atoms with Crippen LogP contribution >= 0.6 is 23.2 Å². The lowest BCUT2D eigenvalue weighted by atomic mass is 10.1. The van der Waals surface area contributed by atoms with Gasteiger partial charge in [0.15, 0.2) is 0 Å². The molecule has 1 aromatic heterocycles. The third-order valence-electron chi connectivity index (χ3n) is 4.79. The summed E-state index contributed by atoms with van der Waals surface area (Å²) >= 11 is 12.3. The number of para-hydroxylation sites is 1. The van der Waals surface area contributed by atoms with E-state index in [0.29, 0.717) is 27.1 Å². The molecule has 0 bridgehead atoms. The molecule has 2 amide bonds. The fourth-order valence-corrected chi connectivity index (χ4v) is 3.52. The van der Waals surface area contributed by atoms with Gasteiger partial charge in [-0.15, -0.1) is 0 Å². The third kappa shape index (κ3) is 6.58. The van der Waals surface area contributed by atoms with Gasteiger partial charge >= 0.3 is 5.97 Å². The Hall–Kier alpha value is -3.33. The van der Waals surface area contributed by atoms with Gasteiger partial charge in [-0.25, -0.2) is 4.79 Å². The Morgan fingerprint density at radius 3 is 2.55 bits per heavy atom. The van der Waals surface area contributed by atoms with E-state index in [1.807, 2.05) is 0 Å². The molecular formula is C23H21Cl2N3O5. The van der Waals surface area contributed by atoms with Crippen molar-refractivity contribution >= 4 is 46.7 Å². The highest BCUT2D eigenvalue weighted by Crippen LogP contribution is 2.31. The molecule has 5 N–H and O–H groups in total. The zero-order chi connectivity index (χ0) is 24.0. The van der Waals surface area contributed by atoms with E-state index < -0.39 is 23.8 Å². The minimum Gasteiger partial charge on any atom is -0.478 e. The van der Waals surface area contributed by atoms with Crippen LogP contribution in [0.5, 0.6) is 0 Å². The normalized spacial score (nSPS) is 11.7. The first-order valence-corrected chi connectivity index (χ1v) is 10.7. The fourth-order valence-electron chi connectivity index (χ4n) is 3.14. The number of hydrogen-bond acceptors (Lipinski definition) is 5. The summed E-state index contributed by atoms with van der Waals surface area (Å²) in [6, 6.07) is 13.7. The van der Waals surface area contributed by atoms with Gasteiger partial charge in [0.05, 0.1) is 28.9 Å². The highest BCUT2D eigenvalue weighted by atomic mass is 35.5. The van der Waals surface area contributed by atoms with E-state index in [1.165, 1.54) is 12.1 Å². The standard InChI is InChI=1S/C23H21Cl2N3O5/c24-13-5-7-17(25)16(11-13)20-9-6-14(33-20)12-27-19(8-10-21(26)29)22(30)28-18-4-2-1-3-15(18)23(31)32/h1-7,9,11,19,27H,8,10,12H2,(H2,26,29)(H,28,30)(H,31,32). The molecule has 0 radical (unpaired) electrons. The molecule has 0 aliphatic rings. The summed E-state index contributed by atoms with van der Waals surface area (Å²) in [6.45, 7) is 0.162. The summed E-state index contributed by atoms with van der Waals surface area (Å²) in [6.07, 6.45) is 0.0806. The molecule has 0 saturated heterocycles. The van der Waals surface area contributed by atoms with Gasteiger partial charge in [0.2, 0.25) is 11.8 Å². The third-order valence-corrected chi connectivity index (χ3v) is 5.35. The maximum absolute atomic E-state index is 12.8. The maximum atomic E-state index is 12.8. The van der Waals surface area contributed by atoms with Crippen molar-refractivity contribution in [3.05, 3.63) is 76.0 Å². The molecule has 0 fully saturated rings. The van der Waals surface area contributed by atoms with Gasteiger partial charge in [-0.05, 0) is 48.9 Å². The minimum atomic E-state index is -1.17. The molecule has 10 heteroatoms. The van der Waals surface area contributed by atoms with Crippen LogP contribution in [0.25, 0.3) is 11.3 Å². The van der Waals surface area contributed by atoms with Gasteiger partial charge in [-0.2, -0.15) is 0 Å². The van der Waals surface area contributed by atoms with Crippen LogP contribution in [-0.4, -0.2) is 28.9 Å². The molecule has 1 atom stereocenters. The molecule has 8 nitrogen and oxygen atoms in total. The summed E-state index contributed by atoms with van der Waals surface area (Å²) in [5.41, 5.74) is 5.97. The topological polar surface area (TPSA) is 135 Å². The molecule has 172 valence electrons. The highest BCUT2D eigenvalue weighted by Gasteiger charge is 2.21. The molecule has 1 unspecified atom stereocenters. The Morgan fingerprint density at radius 2 is 1.82 bits per heavy atom. The zero-order valence-corrected chi connectivity index (χ0v) is 18.8. The van der Waals surface area contributed by atoms with Crippen molar-refractivity contribution in [1.29, 1.82) is 0 Å². The van der Waals surface area contributed by atoms with Crippen molar-refractivity contribution in [2.45, 2.75) is 25.4 Å². The maximum Gasteiger partial charge on any atom is 0.337 e. The van der Waals surface area contributed by atoms with Crippen molar-refractivity contribution in [2.24, 2.45) is 5.73 Å². The Morgan fingerprint density at radius 1 is 1.06 bits per heavy atom. The highest BCUT2D eigenvalue weighted by molar-refractivity contribution is 6.35. The first-order valence-electron chi connectivity index (χ1n) is 9.93. The number of halogens is 2. The van der Waals surface area contributed by atoms with Gasteiger partial charge in [-0.1, -0.05) is 35.3 Å². The first-order chi connectivity index (χ1) is 15.7. The fraction of sp³-hybridized carbons (Fsp3) is 0.174. The second-order valence-electron chi connectivity index (χ2n) is 7.17. The lowest BCUT2D eigenvalue weighted by Crippen LogP contribution is -2.41. The van der Waals surface area contributed by atoms with Crippen molar-refractivity contribution in [3.8, 4) is 11.3 Å². The Bertz CT molecular complexity index is 1180. The van der Waals surface area contributed by atoms with E-state index >= 15 is 0 Å². The van der Waals surface area contributed by atoms with Gasteiger partial charge < -0.3 is 20.6 Å². The van der Waals surface area contributed by atoms with Crippen LogP contribution in [0.2, 0.25) is 10.0 Å². The SMILES string of the molecule is NC(=O)CCC(NCc1ccc(-c2cc(Cl)ccc2Cl)o1)C(=O)Nc1ccccc1C(=O)O. The Balaban J connectivity index is 1.72. The number of primary amides is 1. The lowest BCUT2D eigenvalue weighted by Gasteiger charge is -2.18. The second-order valence-corrected chi connectivity index (χ2v) is 8.01. The molecule has 3 rings (SSSR count). The van der Waals surface area contributed by atoms with Crippen LogP contribution in [-0.2, 0) is 16.1 Å². The van der Waals surface area contributed by atoms with E-state index in [2.05, 4.69) is 10.6 Å². The number of amides is 2. The number of aromatic carboxylic acids is 1. The summed E-state index contributed by atoms with van der Waals surface area (Å²) in [4.78, 5) is 35.5. The number of rotatable bonds is 10. The average molecular weight is 490 g/mol. The molecular weight excluding hydrogens is 469 g/mol. The summed E-state index contributed by atoms with van der Waals surface area (Å²) in [7, 11) is 0. The van der Waals surface area contributed by atoms with E-state index in [4.69, 9.17) is 33.4 Å². The quantitative estimate of drug-likeness (QED) is 0.335. The lowest BCUT2D eigenvalue weighted by molar-refractivity contribution is -0.119. The molecule has 1 heterocycles. The predicted octanol–water partition coefficient (Wildman–Crippen LogP) is 4.31. The molecule has 3 aromatic rings. The van der Waals surface area contributed by atoms with Gasteiger partial charge in [-0.3, -0.25) is 14.9 Å². The van der Waals surface area contributed by atoms with Gasteiger partial charge in [0.25, 0.3) is 0 Å². The van der Waals surface area contributed by atoms with E-state index in [-0.39, 0.29) is 30.6 Å². The van der Waals surface area contributed by atoms with Crippen LogP contribution < -0.4 is 16.4 Å². The number of furan rings is 1. The van der Waals surface area contributed by atoms with Gasteiger partial charge in [0.1, 0.15) is 11.5 Å². The van der Waals surface area contributed by atoms with E-state index in [0.717, 1.165) is 0 Å². The van der Waals surface area contributed by atoms with Crippen LogP contribution in [0.4, 0.5) is 5.69 Å². The number of nitrogens with two attached hydrogens (primary N) is 1. The van der Waals surface area contributed by atoms with E-state index in [1.54, 1.807) is 42.5 Å². The largest absolute Gasteiger partial charge is 0.478 e. The molecule has 33 heavy (non-hydrogen) atoms. The summed E-state index contributed by atoms with van der Waals surface area (Å²) < 4.78 is 5.82. The summed E-state index contributed by atoms with van der Waals surface area (Å²) in [5, 5.41) is 15.9. The number of hydrogen-bond donors (Lipinski definition) is 4. The monoisotopic (exact) mass is 489 g/mol. The van der Waals surface area contributed by atoms with Crippen molar-refractivity contribution in [1.82, 2.24) is 5.32 Å². The van der Waals surface area contributed by atoms with Crippen LogP contribution in [0.1, 0.15) is 29.0 Å². The number of anilines is 1. The predicted molar refractivity (Wildman–Crippen MR) is 125 cm³/mol. The second kappa shape index (κ2) is 11.0. The zero-order valence-electron chi connectivity index (χ0n) is 17.3. The number of carbonyl (C=O) groups is 3. The van der Waals surface area contributed by atoms with E-state index in [9.17, 15) is 19.5 Å².